The maximum atomic E-state index is 10.4. The first-order valence-electron chi connectivity index (χ1n) is 4.38. The summed E-state index contributed by atoms with van der Waals surface area (Å²) in [5, 5.41) is 1.64. The largest absolute Gasteiger partial charge is 0.205 e. The SMILES string of the molecule is O=S=Nc1ccc(N=S=O)c2ccccc12. The molecule has 80 valence electrons. The molecule has 0 N–H and O–H groups in total. The fraction of sp³-hybridized carbons (Fsp3) is 0. The van der Waals surface area contributed by atoms with Crippen LogP contribution in [0.5, 0.6) is 0 Å². The molecule has 0 aliphatic carbocycles. The van der Waals surface area contributed by atoms with Crippen LogP contribution in [0.25, 0.3) is 10.8 Å². The van der Waals surface area contributed by atoms with Crippen LogP contribution in [-0.2, 0) is 22.9 Å². The minimum atomic E-state index is 0.166. The highest BCUT2D eigenvalue weighted by molar-refractivity contribution is 7.55. The van der Waals surface area contributed by atoms with E-state index in [9.17, 15) is 8.42 Å². The van der Waals surface area contributed by atoms with Crippen LogP contribution in [-0.4, -0.2) is 8.42 Å². The first-order valence-corrected chi connectivity index (χ1v) is 5.78. The Morgan fingerprint density at radius 3 is 1.56 bits per heavy atom. The lowest BCUT2D eigenvalue weighted by Crippen LogP contribution is -1.74. The summed E-state index contributed by atoms with van der Waals surface area (Å²) < 4.78 is 28.4. The minimum absolute atomic E-state index is 0.166. The quantitative estimate of drug-likeness (QED) is 0.822. The van der Waals surface area contributed by atoms with Gasteiger partial charge in [0.25, 0.3) is 0 Å². The molecule has 0 aliphatic rings. The van der Waals surface area contributed by atoms with Crippen molar-refractivity contribution in [2.24, 2.45) is 8.73 Å². The number of hydrogen-bond donors (Lipinski definition) is 0. The molecule has 16 heavy (non-hydrogen) atoms. The summed E-state index contributed by atoms with van der Waals surface area (Å²) in [6.45, 7) is 0. The van der Waals surface area contributed by atoms with Gasteiger partial charge in [-0.05, 0) is 12.1 Å². The third-order valence-corrected chi connectivity index (χ3v) is 2.69. The van der Waals surface area contributed by atoms with Crippen molar-refractivity contribution in [1.29, 1.82) is 0 Å². The van der Waals surface area contributed by atoms with Gasteiger partial charge in [-0.1, -0.05) is 24.3 Å². The van der Waals surface area contributed by atoms with Gasteiger partial charge in [-0.15, -0.1) is 0 Å². The lowest BCUT2D eigenvalue weighted by atomic mass is 10.1. The first kappa shape index (κ1) is 10.8. The average Bonchev–Trinajstić information content (AvgIpc) is 2.33. The molecule has 0 bridgehead atoms. The van der Waals surface area contributed by atoms with Crippen molar-refractivity contribution >= 4 is 45.1 Å². The summed E-state index contributed by atoms with van der Waals surface area (Å²) in [7, 11) is 0. The van der Waals surface area contributed by atoms with Gasteiger partial charge in [0, 0.05) is 10.8 Å². The van der Waals surface area contributed by atoms with Crippen molar-refractivity contribution in [3.8, 4) is 0 Å². The molecule has 0 atom stereocenters. The molecule has 0 unspecified atom stereocenters. The van der Waals surface area contributed by atoms with E-state index in [4.69, 9.17) is 0 Å². The first-order chi connectivity index (χ1) is 7.86. The Kier molecular flexibility index (Phi) is 3.33. The van der Waals surface area contributed by atoms with E-state index in [2.05, 4.69) is 8.73 Å². The van der Waals surface area contributed by atoms with Crippen molar-refractivity contribution < 1.29 is 8.42 Å². The molecule has 0 saturated heterocycles. The molecule has 2 aromatic rings. The van der Waals surface area contributed by atoms with E-state index in [0.29, 0.717) is 11.4 Å². The predicted octanol–water partition coefficient (Wildman–Crippen LogP) is 2.90. The van der Waals surface area contributed by atoms with Crippen LogP contribution < -0.4 is 0 Å². The van der Waals surface area contributed by atoms with Gasteiger partial charge in [-0.3, -0.25) is 0 Å². The van der Waals surface area contributed by atoms with Gasteiger partial charge in [0.05, 0.1) is 11.4 Å². The lowest BCUT2D eigenvalue weighted by Gasteiger charge is -2.02. The third kappa shape index (κ3) is 1.98. The second-order valence-electron chi connectivity index (χ2n) is 2.98. The van der Waals surface area contributed by atoms with E-state index in [1.807, 2.05) is 24.3 Å². The topological polar surface area (TPSA) is 58.9 Å². The zero-order valence-corrected chi connectivity index (χ0v) is 9.62. The minimum Gasteiger partial charge on any atom is -0.191 e. The summed E-state index contributed by atoms with van der Waals surface area (Å²) >= 11 is 0.332. The lowest BCUT2D eigenvalue weighted by molar-refractivity contribution is 0.697. The van der Waals surface area contributed by atoms with E-state index in [0.717, 1.165) is 10.8 Å². The molecule has 0 amide bonds. The van der Waals surface area contributed by atoms with E-state index in [1.165, 1.54) is 0 Å². The Morgan fingerprint density at radius 1 is 0.750 bits per heavy atom. The van der Waals surface area contributed by atoms with E-state index < -0.39 is 0 Å². The fourth-order valence-corrected chi connectivity index (χ4v) is 1.99. The molecule has 2 rings (SSSR count). The van der Waals surface area contributed by atoms with Crippen molar-refractivity contribution in [2.45, 2.75) is 0 Å². The zero-order valence-electron chi connectivity index (χ0n) is 7.99. The maximum absolute atomic E-state index is 10.4. The summed E-state index contributed by atoms with van der Waals surface area (Å²) in [4.78, 5) is 0. The maximum Gasteiger partial charge on any atom is 0.205 e. The Morgan fingerprint density at radius 2 is 1.19 bits per heavy atom. The third-order valence-electron chi connectivity index (χ3n) is 2.15. The van der Waals surface area contributed by atoms with Crippen LogP contribution in [0.1, 0.15) is 0 Å². The van der Waals surface area contributed by atoms with Gasteiger partial charge in [-0.25, -0.2) is 0 Å². The number of fused-ring (bicyclic) bond motifs is 1. The summed E-state index contributed by atoms with van der Waals surface area (Å²) in [6.07, 6.45) is 0. The second kappa shape index (κ2) is 4.91. The van der Waals surface area contributed by atoms with E-state index in [-0.39, 0.29) is 22.9 Å². The van der Waals surface area contributed by atoms with Crippen LogP contribution in [0.15, 0.2) is 45.1 Å². The highest BCUT2D eigenvalue weighted by atomic mass is 32.1. The van der Waals surface area contributed by atoms with Crippen molar-refractivity contribution in [3.05, 3.63) is 36.4 Å². The Bertz CT molecular complexity index is 588. The Balaban J connectivity index is 2.86. The van der Waals surface area contributed by atoms with E-state index in [1.54, 1.807) is 12.1 Å². The molecular formula is C10H6N2O2S2. The van der Waals surface area contributed by atoms with Crippen molar-refractivity contribution in [2.75, 3.05) is 0 Å². The molecule has 0 aromatic heterocycles. The monoisotopic (exact) mass is 250 g/mol. The average molecular weight is 250 g/mol. The van der Waals surface area contributed by atoms with Crippen molar-refractivity contribution in [1.82, 2.24) is 0 Å². The molecule has 0 aliphatic heterocycles. The zero-order chi connectivity index (χ0) is 11.4. The molecule has 2 aromatic carbocycles. The summed E-state index contributed by atoms with van der Waals surface area (Å²) in [5.74, 6) is 0. The van der Waals surface area contributed by atoms with Gasteiger partial charge in [-0.2, -0.15) is 17.1 Å². The van der Waals surface area contributed by atoms with Gasteiger partial charge in [0.1, 0.15) is 0 Å². The number of benzene rings is 2. The summed E-state index contributed by atoms with van der Waals surface area (Å²) in [5.41, 5.74) is 1.20. The second-order valence-corrected chi connectivity index (χ2v) is 3.64. The standard InChI is InChI=1S/C10H6N2O2S2/c13-15-11-9-5-6-10(12-16-14)8-4-2-1-3-7(8)9/h1-6H. The fourth-order valence-electron chi connectivity index (χ4n) is 1.51. The van der Waals surface area contributed by atoms with Gasteiger partial charge in [0.2, 0.25) is 22.9 Å². The van der Waals surface area contributed by atoms with Crippen LogP contribution in [0.2, 0.25) is 0 Å². The molecular weight excluding hydrogens is 244 g/mol. The molecule has 0 saturated carbocycles. The number of rotatable bonds is 2. The van der Waals surface area contributed by atoms with Crippen LogP contribution in [0.4, 0.5) is 11.4 Å². The highest BCUT2D eigenvalue weighted by Gasteiger charge is 2.03. The molecule has 4 nitrogen and oxygen atoms in total. The van der Waals surface area contributed by atoms with Gasteiger partial charge >= 0.3 is 0 Å². The number of nitrogens with zero attached hydrogens (tertiary/aromatic N) is 2. The molecule has 0 heterocycles. The molecule has 0 spiro atoms. The van der Waals surface area contributed by atoms with Crippen LogP contribution >= 0.6 is 0 Å². The Hall–Kier alpha value is -1.66. The van der Waals surface area contributed by atoms with Gasteiger partial charge in [0.15, 0.2) is 0 Å². The molecule has 0 radical (unpaired) electrons. The normalized spacial score (nSPS) is 9.75. The smallest absolute Gasteiger partial charge is 0.191 e. The van der Waals surface area contributed by atoms with Crippen molar-refractivity contribution in [3.63, 3.8) is 0 Å². The van der Waals surface area contributed by atoms with E-state index >= 15 is 0 Å². The molecule has 0 fully saturated rings. The highest BCUT2D eigenvalue weighted by Crippen LogP contribution is 2.32. The predicted molar refractivity (Wildman–Crippen MR) is 64.4 cm³/mol. The van der Waals surface area contributed by atoms with Gasteiger partial charge < -0.3 is 0 Å². The summed E-state index contributed by atoms with van der Waals surface area (Å²) in [6, 6.07) is 10.8. The van der Waals surface area contributed by atoms with Crippen LogP contribution in [0.3, 0.4) is 0 Å². The van der Waals surface area contributed by atoms with Crippen LogP contribution in [0, 0.1) is 0 Å². The Labute approximate surface area is 98.8 Å². The molecule has 6 heteroatoms. The number of hydrogen-bond acceptors (Lipinski definition) is 4.